The van der Waals surface area contributed by atoms with Crippen molar-refractivity contribution in [3.8, 4) is 0 Å². The smallest absolute Gasteiger partial charge is 0.159 e. The Morgan fingerprint density at radius 3 is 2.23 bits per heavy atom. The van der Waals surface area contributed by atoms with Crippen LogP contribution in [-0.2, 0) is 0 Å². The van der Waals surface area contributed by atoms with Crippen molar-refractivity contribution in [2.45, 2.75) is 50.0 Å². The maximum Gasteiger partial charge on any atom is 0.159 e. The van der Waals surface area contributed by atoms with Crippen LogP contribution < -0.4 is 10.0 Å². The van der Waals surface area contributed by atoms with Gasteiger partial charge in [-0.2, -0.15) is 0 Å². The molecule has 1 atom stereocenters. The molecular weight excluding hydrogens is 292 g/mol. The molecule has 0 amide bonds. The molecule has 0 heterocycles. The summed E-state index contributed by atoms with van der Waals surface area (Å²) in [6.45, 7) is 5.13. The SMILES string of the molecule is C=CNS(=C)c1ccc(C(C)=O)cc1.CNC1CCCCC1. The van der Waals surface area contributed by atoms with Crippen molar-refractivity contribution < 1.29 is 4.79 Å². The Hall–Kier alpha value is -1.39. The topological polar surface area (TPSA) is 41.1 Å². The first-order chi connectivity index (χ1) is 10.6. The van der Waals surface area contributed by atoms with Crippen molar-refractivity contribution in [2.75, 3.05) is 7.05 Å². The summed E-state index contributed by atoms with van der Waals surface area (Å²) in [4.78, 5) is 12.1. The Morgan fingerprint density at radius 2 is 1.82 bits per heavy atom. The third kappa shape index (κ3) is 6.58. The van der Waals surface area contributed by atoms with Gasteiger partial charge in [0, 0.05) is 16.5 Å². The summed E-state index contributed by atoms with van der Waals surface area (Å²) in [7, 11) is 1.78. The highest BCUT2D eigenvalue weighted by Gasteiger charge is 2.09. The fourth-order valence-corrected chi connectivity index (χ4v) is 3.22. The van der Waals surface area contributed by atoms with Gasteiger partial charge in [0.25, 0.3) is 0 Å². The molecule has 1 aliphatic carbocycles. The van der Waals surface area contributed by atoms with Crippen LogP contribution in [0.15, 0.2) is 41.9 Å². The third-order valence-corrected chi connectivity index (χ3v) is 5.08. The maximum absolute atomic E-state index is 11.0. The number of hydrogen-bond donors (Lipinski definition) is 2. The highest BCUT2D eigenvalue weighted by molar-refractivity contribution is 8.12. The number of benzene rings is 1. The zero-order valence-corrected chi connectivity index (χ0v) is 14.5. The predicted molar refractivity (Wildman–Crippen MR) is 98.7 cm³/mol. The number of rotatable bonds is 5. The fraction of sp³-hybridized carbons (Fsp3) is 0.444. The molecule has 1 aliphatic rings. The Bertz CT molecular complexity index is 490. The van der Waals surface area contributed by atoms with Gasteiger partial charge in [0.05, 0.1) is 0 Å². The normalized spacial score (nSPS) is 16.1. The van der Waals surface area contributed by atoms with Crippen molar-refractivity contribution in [1.82, 2.24) is 10.0 Å². The van der Waals surface area contributed by atoms with Crippen LogP contribution in [-0.4, -0.2) is 24.7 Å². The highest BCUT2D eigenvalue weighted by atomic mass is 32.2. The van der Waals surface area contributed by atoms with Gasteiger partial charge in [0.15, 0.2) is 5.78 Å². The van der Waals surface area contributed by atoms with Gasteiger partial charge < -0.3 is 10.0 Å². The summed E-state index contributed by atoms with van der Waals surface area (Å²) in [6, 6.07) is 8.28. The van der Waals surface area contributed by atoms with Crippen LogP contribution in [0.5, 0.6) is 0 Å². The van der Waals surface area contributed by atoms with E-state index in [9.17, 15) is 4.79 Å². The summed E-state index contributed by atoms with van der Waals surface area (Å²) >= 11 is 0. The molecule has 1 aromatic carbocycles. The molecule has 4 heteroatoms. The van der Waals surface area contributed by atoms with E-state index in [1.807, 2.05) is 24.3 Å². The largest absolute Gasteiger partial charge is 0.339 e. The molecule has 3 nitrogen and oxygen atoms in total. The Morgan fingerprint density at radius 1 is 1.23 bits per heavy atom. The molecule has 0 radical (unpaired) electrons. The number of nitrogens with one attached hydrogen (secondary N) is 2. The van der Waals surface area contributed by atoms with Crippen molar-refractivity contribution in [3.63, 3.8) is 0 Å². The minimum absolute atomic E-state index is 0.0807. The Labute approximate surface area is 137 Å². The monoisotopic (exact) mass is 320 g/mol. The van der Waals surface area contributed by atoms with Gasteiger partial charge in [-0.1, -0.05) is 54.5 Å². The number of carbonyl (C=O) groups excluding carboxylic acids is 1. The zero-order chi connectivity index (χ0) is 16.4. The molecule has 0 aromatic heterocycles. The van der Waals surface area contributed by atoms with E-state index >= 15 is 0 Å². The van der Waals surface area contributed by atoms with Crippen LogP contribution in [0.2, 0.25) is 0 Å². The van der Waals surface area contributed by atoms with Gasteiger partial charge in [-0.05, 0) is 45.1 Å². The van der Waals surface area contributed by atoms with E-state index in [0.717, 1.165) is 16.5 Å². The average Bonchev–Trinajstić information content (AvgIpc) is 2.56. The number of ketones is 1. The highest BCUT2D eigenvalue weighted by Crippen LogP contribution is 2.20. The van der Waals surface area contributed by atoms with Gasteiger partial charge in [-0.25, -0.2) is 0 Å². The van der Waals surface area contributed by atoms with Crippen molar-refractivity contribution >= 4 is 22.3 Å². The van der Waals surface area contributed by atoms with Gasteiger partial charge >= 0.3 is 0 Å². The average molecular weight is 321 g/mol. The summed E-state index contributed by atoms with van der Waals surface area (Å²) in [5.74, 6) is 4.01. The lowest BCUT2D eigenvalue weighted by Crippen LogP contribution is -2.26. The van der Waals surface area contributed by atoms with Crippen LogP contribution >= 0.6 is 10.7 Å². The van der Waals surface area contributed by atoms with Gasteiger partial charge in [-0.3, -0.25) is 4.79 Å². The summed E-state index contributed by atoms with van der Waals surface area (Å²) in [6.07, 6.45) is 8.75. The second-order valence-corrected chi connectivity index (χ2v) is 6.91. The third-order valence-electron chi connectivity index (χ3n) is 3.78. The lowest BCUT2D eigenvalue weighted by atomic mass is 9.96. The van der Waals surface area contributed by atoms with Gasteiger partial charge in [0.2, 0.25) is 0 Å². The zero-order valence-electron chi connectivity index (χ0n) is 13.7. The molecule has 2 rings (SSSR count). The maximum atomic E-state index is 11.0. The van der Waals surface area contributed by atoms with E-state index in [-0.39, 0.29) is 16.5 Å². The van der Waals surface area contributed by atoms with E-state index in [0.29, 0.717) is 0 Å². The lowest BCUT2D eigenvalue weighted by Gasteiger charge is -2.20. The van der Waals surface area contributed by atoms with Gasteiger partial charge in [0.1, 0.15) is 0 Å². The molecule has 0 bridgehead atoms. The summed E-state index contributed by atoms with van der Waals surface area (Å²) in [5, 5.41) is 3.30. The predicted octanol–water partition coefficient (Wildman–Crippen LogP) is 4.14. The summed E-state index contributed by atoms with van der Waals surface area (Å²) < 4.78 is 3.01. The van der Waals surface area contributed by atoms with E-state index in [4.69, 9.17) is 0 Å². The molecule has 1 saturated carbocycles. The molecule has 0 aliphatic heterocycles. The quantitative estimate of drug-likeness (QED) is 0.633. The Kier molecular flexibility index (Phi) is 8.78. The standard InChI is InChI=1S/C11H13NOS.C7H15N/c1-4-12-14(3)11-7-5-10(6-8-11)9(2)13;1-8-7-5-3-2-4-6-7/h4-8,12H,1,3H2,2H3;7-8H,2-6H2,1H3. The minimum Gasteiger partial charge on any atom is -0.339 e. The fourth-order valence-electron chi connectivity index (χ4n) is 2.41. The van der Waals surface area contributed by atoms with Crippen molar-refractivity contribution in [1.29, 1.82) is 0 Å². The second kappa shape index (κ2) is 10.4. The summed E-state index contributed by atoms with van der Waals surface area (Å²) in [5.41, 5.74) is 0.726. The molecule has 1 fully saturated rings. The van der Waals surface area contributed by atoms with E-state index in [1.54, 1.807) is 13.1 Å². The van der Waals surface area contributed by atoms with Gasteiger partial charge in [-0.15, -0.1) is 0 Å². The van der Waals surface area contributed by atoms with Crippen LogP contribution in [0, 0.1) is 0 Å². The molecule has 0 saturated heterocycles. The number of Topliss-reactive ketones (excluding diaryl/α,β-unsaturated/α-hetero) is 1. The molecule has 122 valence electrons. The first kappa shape index (κ1) is 18.7. The van der Waals surface area contributed by atoms with Crippen LogP contribution in [0.1, 0.15) is 49.4 Å². The van der Waals surface area contributed by atoms with E-state index in [1.165, 1.54) is 32.1 Å². The molecule has 1 unspecified atom stereocenters. The molecule has 1 aromatic rings. The Balaban J connectivity index is 0.000000255. The van der Waals surface area contributed by atoms with E-state index < -0.39 is 0 Å². The van der Waals surface area contributed by atoms with E-state index in [2.05, 4.69) is 29.5 Å². The molecular formula is C18H28N2OS. The van der Waals surface area contributed by atoms with Crippen LogP contribution in [0.3, 0.4) is 0 Å². The molecule has 2 N–H and O–H groups in total. The van der Waals surface area contributed by atoms with Crippen molar-refractivity contribution in [3.05, 3.63) is 42.6 Å². The minimum atomic E-state index is -0.284. The first-order valence-corrected chi connectivity index (χ1v) is 9.17. The van der Waals surface area contributed by atoms with Crippen LogP contribution in [0.4, 0.5) is 0 Å². The molecule has 22 heavy (non-hydrogen) atoms. The number of hydrogen-bond acceptors (Lipinski definition) is 3. The van der Waals surface area contributed by atoms with Crippen LogP contribution in [0.25, 0.3) is 0 Å². The molecule has 0 spiro atoms. The first-order valence-electron chi connectivity index (χ1n) is 7.77. The van der Waals surface area contributed by atoms with Crippen molar-refractivity contribution in [2.24, 2.45) is 0 Å². The number of carbonyl (C=O) groups is 1. The second-order valence-electron chi connectivity index (χ2n) is 5.42. The lowest BCUT2D eigenvalue weighted by molar-refractivity contribution is 0.101.